The first-order valence-electron chi connectivity index (χ1n) is 8.07. The fourth-order valence-corrected chi connectivity index (χ4v) is 3.04. The van der Waals surface area contributed by atoms with Gasteiger partial charge in [-0.25, -0.2) is 4.98 Å². The van der Waals surface area contributed by atoms with Crippen molar-refractivity contribution in [2.75, 3.05) is 50.5 Å². The van der Waals surface area contributed by atoms with Gasteiger partial charge in [0, 0.05) is 38.9 Å². The average molecular weight is 312 g/mol. The molecular weight excluding hydrogens is 288 g/mol. The van der Waals surface area contributed by atoms with Crippen LogP contribution in [0.25, 0.3) is 0 Å². The van der Waals surface area contributed by atoms with E-state index in [4.69, 9.17) is 10.5 Å². The molecule has 5 heteroatoms. The minimum atomic E-state index is 0.653. The van der Waals surface area contributed by atoms with Gasteiger partial charge in [-0.05, 0) is 30.2 Å². The Labute approximate surface area is 137 Å². The highest BCUT2D eigenvalue weighted by Gasteiger charge is 2.19. The molecule has 0 bridgehead atoms. The Morgan fingerprint density at radius 2 is 1.87 bits per heavy atom. The van der Waals surface area contributed by atoms with E-state index in [-0.39, 0.29) is 0 Å². The fraction of sp³-hybridized carbons (Fsp3) is 0.389. The molecule has 3 rings (SSSR count). The highest BCUT2D eigenvalue weighted by molar-refractivity contribution is 5.58. The molecule has 2 heterocycles. The maximum absolute atomic E-state index is 5.91. The van der Waals surface area contributed by atoms with Crippen molar-refractivity contribution in [3.8, 4) is 5.75 Å². The molecule has 1 aliphatic rings. The van der Waals surface area contributed by atoms with Crippen molar-refractivity contribution in [1.82, 2.24) is 9.88 Å². The second-order valence-corrected chi connectivity index (χ2v) is 5.80. The van der Waals surface area contributed by atoms with Crippen LogP contribution < -0.4 is 15.4 Å². The van der Waals surface area contributed by atoms with Crippen molar-refractivity contribution in [3.05, 3.63) is 48.2 Å². The molecule has 122 valence electrons. The first-order valence-corrected chi connectivity index (χ1v) is 8.07. The van der Waals surface area contributed by atoms with Crippen molar-refractivity contribution < 1.29 is 4.74 Å². The van der Waals surface area contributed by atoms with E-state index in [9.17, 15) is 0 Å². The van der Waals surface area contributed by atoms with Crippen LogP contribution in [0.1, 0.15) is 5.56 Å². The number of para-hydroxylation sites is 2. The summed E-state index contributed by atoms with van der Waals surface area (Å²) in [7, 11) is 1.73. The molecular formula is C18H24N4O. The molecule has 0 unspecified atom stereocenters. The van der Waals surface area contributed by atoms with Gasteiger partial charge in [-0.3, -0.25) is 4.90 Å². The van der Waals surface area contributed by atoms with Gasteiger partial charge >= 0.3 is 0 Å². The Bertz CT molecular complexity index is 638. The van der Waals surface area contributed by atoms with E-state index in [2.05, 4.69) is 33.0 Å². The lowest BCUT2D eigenvalue weighted by molar-refractivity contribution is 0.260. The minimum Gasteiger partial charge on any atom is -0.495 e. The van der Waals surface area contributed by atoms with Crippen LogP contribution in [0.5, 0.6) is 5.75 Å². The monoisotopic (exact) mass is 312 g/mol. The third-order valence-corrected chi connectivity index (χ3v) is 4.42. The Hall–Kier alpha value is -2.27. The summed E-state index contributed by atoms with van der Waals surface area (Å²) in [5.41, 5.74) is 8.24. The number of hydrogen-bond donors (Lipinski definition) is 1. The number of rotatable bonds is 5. The molecule has 1 aliphatic heterocycles. The van der Waals surface area contributed by atoms with Gasteiger partial charge in [-0.1, -0.05) is 18.2 Å². The number of nitrogens with two attached hydrogens (primary N) is 1. The zero-order chi connectivity index (χ0) is 16.1. The van der Waals surface area contributed by atoms with Crippen LogP contribution in [0.3, 0.4) is 0 Å². The molecule has 1 aromatic heterocycles. The maximum atomic E-state index is 5.91. The molecule has 0 atom stereocenters. The number of pyridine rings is 1. The van der Waals surface area contributed by atoms with Gasteiger partial charge in [0.1, 0.15) is 11.6 Å². The number of aromatic nitrogens is 1. The summed E-state index contributed by atoms with van der Waals surface area (Å²) in [5, 5.41) is 0. The summed E-state index contributed by atoms with van der Waals surface area (Å²) in [5.74, 6) is 1.60. The quantitative estimate of drug-likeness (QED) is 0.915. The third-order valence-electron chi connectivity index (χ3n) is 4.42. The minimum absolute atomic E-state index is 0.653. The van der Waals surface area contributed by atoms with Gasteiger partial charge in [0.2, 0.25) is 0 Å². The number of ether oxygens (including phenoxy) is 1. The van der Waals surface area contributed by atoms with E-state index in [0.29, 0.717) is 5.82 Å². The highest BCUT2D eigenvalue weighted by atomic mass is 16.5. The van der Waals surface area contributed by atoms with Crippen LogP contribution in [0.2, 0.25) is 0 Å². The largest absolute Gasteiger partial charge is 0.495 e. The maximum Gasteiger partial charge on any atom is 0.142 e. The van der Waals surface area contributed by atoms with E-state index in [1.165, 1.54) is 5.69 Å². The molecule has 0 amide bonds. The number of benzene rings is 1. The van der Waals surface area contributed by atoms with Crippen LogP contribution in [0.15, 0.2) is 42.6 Å². The normalized spacial score (nSPS) is 15.6. The second kappa shape index (κ2) is 7.33. The van der Waals surface area contributed by atoms with Gasteiger partial charge in [0.05, 0.1) is 12.8 Å². The SMILES string of the molecule is COc1ccccc1N1CCN(CCc2cccnc2N)CC1. The standard InChI is InChI=1S/C18H24N4O/c1-23-17-7-3-2-6-16(17)22-13-11-21(12-14-22)10-8-15-5-4-9-20-18(15)19/h2-7,9H,8,10-14H2,1H3,(H2,19,20). The van der Waals surface area contributed by atoms with Crippen molar-refractivity contribution in [2.24, 2.45) is 0 Å². The molecule has 0 aliphatic carbocycles. The fourth-order valence-electron chi connectivity index (χ4n) is 3.04. The van der Waals surface area contributed by atoms with E-state index >= 15 is 0 Å². The van der Waals surface area contributed by atoms with Crippen LogP contribution in [-0.2, 0) is 6.42 Å². The summed E-state index contributed by atoms with van der Waals surface area (Å²) < 4.78 is 5.47. The number of anilines is 2. The molecule has 1 saturated heterocycles. The van der Waals surface area contributed by atoms with E-state index < -0.39 is 0 Å². The van der Waals surface area contributed by atoms with Crippen LogP contribution in [-0.4, -0.2) is 49.7 Å². The lowest BCUT2D eigenvalue weighted by atomic mass is 10.1. The Balaban J connectivity index is 1.53. The number of methoxy groups -OCH3 is 1. The molecule has 0 saturated carbocycles. The average Bonchev–Trinajstić information content (AvgIpc) is 2.61. The van der Waals surface area contributed by atoms with Crippen molar-refractivity contribution in [1.29, 1.82) is 0 Å². The zero-order valence-corrected chi connectivity index (χ0v) is 13.6. The van der Waals surface area contributed by atoms with Gasteiger partial charge < -0.3 is 15.4 Å². The summed E-state index contributed by atoms with van der Waals surface area (Å²) >= 11 is 0. The number of piperazine rings is 1. The first kappa shape index (κ1) is 15.6. The van der Waals surface area contributed by atoms with Crippen LogP contribution >= 0.6 is 0 Å². The van der Waals surface area contributed by atoms with Crippen molar-refractivity contribution in [3.63, 3.8) is 0 Å². The third kappa shape index (κ3) is 3.74. The van der Waals surface area contributed by atoms with Gasteiger partial charge in [0.15, 0.2) is 0 Å². The van der Waals surface area contributed by atoms with Crippen molar-refractivity contribution in [2.45, 2.75) is 6.42 Å². The molecule has 23 heavy (non-hydrogen) atoms. The molecule has 2 aromatic rings. The van der Waals surface area contributed by atoms with Crippen LogP contribution in [0.4, 0.5) is 11.5 Å². The molecule has 0 radical (unpaired) electrons. The van der Waals surface area contributed by atoms with Gasteiger partial charge in [-0.2, -0.15) is 0 Å². The molecule has 1 fully saturated rings. The number of nitrogen functional groups attached to an aromatic ring is 1. The van der Waals surface area contributed by atoms with E-state index in [0.717, 1.165) is 50.5 Å². The summed E-state index contributed by atoms with van der Waals surface area (Å²) in [6.45, 7) is 5.16. The first-order chi connectivity index (χ1) is 11.3. The lowest BCUT2D eigenvalue weighted by Crippen LogP contribution is -2.47. The Morgan fingerprint density at radius 3 is 2.61 bits per heavy atom. The molecule has 1 aromatic carbocycles. The van der Waals surface area contributed by atoms with E-state index in [1.54, 1.807) is 13.3 Å². The number of nitrogens with zero attached hydrogens (tertiary/aromatic N) is 3. The Morgan fingerprint density at radius 1 is 1.09 bits per heavy atom. The lowest BCUT2D eigenvalue weighted by Gasteiger charge is -2.36. The van der Waals surface area contributed by atoms with Gasteiger partial charge in [-0.15, -0.1) is 0 Å². The van der Waals surface area contributed by atoms with E-state index in [1.807, 2.05) is 18.2 Å². The second-order valence-electron chi connectivity index (χ2n) is 5.80. The predicted molar refractivity (Wildman–Crippen MR) is 94.0 cm³/mol. The topological polar surface area (TPSA) is 54.6 Å². The summed E-state index contributed by atoms with van der Waals surface area (Å²) in [6, 6.07) is 12.2. The van der Waals surface area contributed by atoms with Crippen molar-refractivity contribution >= 4 is 11.5 Å². The number of hydrogen-bond acceptors (Lipinski definition) is 5. The summed E-state index contributed by atoms with van der Waals surface area (Å²) in [4.78, 5) is 9.03. The summed E-state index contributed by atoms with van der Waals surface area (Å²) in [6.07, 6.45) is 2.69. The molecule has 0 spiro atoms. The predicted octanol–water partition coefficient (Wildman–Crippen LogP) is 2.04. The Kier molecular flexibility index (Phi) is 4.98. The van der Waals surface area contributed by atoms with Gasteiger partial charge in [0.25, 0.3) is 0 Å². The smallest absolute Gasteiger partial charge is 0.142 e. The zero-order valence-electron chi connectivity index (χ0n) is 13.6. The molecule has 5 nitrogen and oxygen atoms in total. The highest BCUT2D eigenvalue weighted by Crippen LogP contribution is 2.28. The van der Waals surface area contributed by atoms with Crippen LogP contribution in [0, 0.1) is 0 Å². The molecule has 2 N–H and O–H groups in total.